The molecule has 22 heavy (non-hydrogen) atoms. The standard InChI is InChI=1S/C14H16N2O5S/c1-10-8-12(15-21-10)9-20-14(17)11-4-6-13(7-5-11)22(18,19)16(2)3/h4-8H,9H2,1-3H3. The average molecular weight is 324 g/mol. The number of sulfonamides is 1. The highest BCUT2D eigenvalue weighted by molar-refractivity contribution is 7.89. The third kappa shape index (κ3) is 3.52. The van der Waals surface area contributed by atoms with E-state index in [-0.39, 0.29) is 17.1 Å². The zero-order valence-electron chi connectivity index (χ0n) is 12.4. The van der Waals surface area contributed by atoms with Gasteiger partial charge in [-0.25, -0.2) is 17.5 Å². The quantitative estimate of drug-likeness (QED) is 0.776. The normalized spacial score (nSPS) is 11.6. The van der Waals surface area contributed by atoms with E-state index in [1.807, 2.05) is 0 Å². The van der Waals surface area contributed by atoms with Crippen molar-refractivity contribution in [2.45, 2.75) is 18.4 Å². The van der Waals surface area contributed by atoms with Gasteiger partial charge in [0.05, 0.1) is 10.5 Å². The lowest BCUT2D eigenvalue weighted by atomic mass is 10.2. The van der Waals surface area contributed by atoms with E-state index >= 15 is 0 Å². The molecule has 0 N–H and O–H groups in total. The molecule has 0 aliphatic carbocycles. The molecule has 2 rings (SSSR count). The van der Waals surface area contributed by atoms with Crippen molar-refractivity contribution in [3.63, 3.8) is 0 Å². The molecule has 1 heterocycles. The van der Waals surface area contributed by atoms with Crippen molar-refractivity contribution in [2.24, 2.45) is 0 Å². The van der Waals surface area contributed by atoms with Crippen molar-refractivity contribution in [3.8, 4) is 0 Å². The Hall–Kier alpha value is -2.19. The van der Waals surface area contributed by atoms with Crippen molar-refractivity contribution in [2.75, 3.05) is 14.1 Å². The molecule has 1 aromatic heterocycles. The first-order valence-electron chi connectivity index (χ1n) is 6.42. The first-order chi connectivity index (χ1) is 10.3. The molecule has 0 unspecified atom stereocenters. The molecule has 0 spiro atoms. The maximum absolute atomic E-state index is 11.9. The second kappa shape index (κ2) is 6.29. The predicted octanol–water partition coefficient (Wildman–Crippen LogP) is 1.59. The van der Waals surface area contributed by atoms with Gasteiger partial charge in [-0.3, -0.25) is 0 Å². The van der Waals surface area contributed by atoms with Gasteiger partial charge in [0.2, 0.25) is 10.0 Å². The van der Waals surface area contributed by atoms with E-state index < -0.39 is 16.0 Å². The molecule has 0 aliphatic heterocycles. The average Bonchev–Trinajstić information content (AvgIpc) is 2.90. The fourth-order valence-electron chi connectivity index (χ4n) is 1.68. The second-order valence-corrected chi connectivity index (χ2v) is 6.97. The summed E-state index contributed by atoms with van der Waals surface area (Å²) in [6, 6.07) is 7.22. The van der Waals surface area contributed by atoms with E-state index in [0.29, 0.717) is 11.5 Å². The van der Waals surface area contributed by atoms with Crippen molar-refractivity contribution >= 4 is 16.0 Å². The zero-order valence-corrected chi connectivity index (χ0v) is 13.3. The fraction of sp³-hybridized carbons (Fsp3) is 0.286. The molecule has 0 amide bonds. The van der Waals surface area contributed by atoms with Crippen LogP contribution >= 0.6 is 0 Å². The van der Waals surface area contributed by atoms with Gasteiger partial charge in [-0.05, 0) is 31.2 Å². The summed E-state index contributed by atoms with van der Waals surface area (Å²) in [5.74, 6) is 0.0683. The number of benzene rings is 1. The zero-order chi connectivity index (χ0) is 16.3. The summed E-state index contributed by atoms with van der Waals surface area (Å²) in [4.78, 5) is 12.0. The number of hydrogen-bond acceptors (Lipinski definition) is 6. The lowest BCUT2D eigenvalue weighted by Crippen LogP contribution is -2.22. The van der Waals surface area contributed by atoms with Crippen LogP contribution in [0.15, 0.2) is 39.8 Å². The Bertz CT molecular complexity index is 763. The van der Waals surface area contributed by atoms with E-state index in [1.165, 1.54) is 38.4 Å². The van der Waals surface area contributed by atoms with Gasteiger partial charge in [0.15, 0.2) is 0 Å². The molecule has 0 saturated carbocycles. The van der Waals surface area contributed by atoms with E-state index in [1.54, 1.807) is 13.0 Å². The van der Waals surface area contributed by atoms with Gasteiger partial charge < -0.3 is 9.26 Å². The number of carbonyl (C=O) groups excluding carboxylic acids is 1. The van der Waals surface area contributed by atoms with E-state index in [4.69, 9.17) is 9.26 Å². The number of rotatable bonds is 5. The van der Waals surface area contributed by atoms with Crippen molar-refractivity contribution in [1.29, 1.82) is 0 Å². The summed E-state index contributed by atoms with van der Waals surface area (Å²) < 4.78 is 34.9. The molecule has 8 heteroatoms. The molecular formula is C14H16N2O5S. The van der Waals surface area contributed by atoms with Crippen LogP contribution in [-0.4, -0.2) is 37.9 Å². The molecule has 0 fully saturated rings. The Morgan fingerprint density at radius 1 is 1.27 bits per heavy atom. The number of ether oxygens (including phenoxy) is 1. The Morgan fingerprint density at radius 2 is 1.91 bits per heavy atom. The molecule has 0 saturated heterocycles. The minimum atomic E-state index is -3.51. The molecule has 1 aromatic carbocycles. The van der Waals surface area contributed by atoms with Crippen LogP contribution in [0.5, 0.6) is 0 Å². The van der Waals surface area contributed by atoms with Gasteiger partial charge in [-0.15, -0.1) is 0 Å². The summed E-state index contributed by atoms with van der Waals surface area (Å²) >= 11 is 0. The third-order valence-electron chi connectivity index (χ3n) is 2.90. The molecule has 0 bridgehead atoms. The van der Waals surface area contributed by atoms with Crippen LogP contribution in [0, 0.1) is 6.92 Å². The van der Waals surface area contributed by atoms with Gasteiger partial charge in [0.1, 0.15) is 18.1 Å². The number of aryl methyl sites for hydroxylation is 1. The van der Waals surface area contributed by atoms with E-state index in [2.05, 4.69) is 5.16 Å². The summed E-state index contributed by atoms with van der Waals surface area (Å²) in [7, 11) is -0.629. The first kappa shape index (κ1) is 16.2. The fourth-order valence-corrected chi connectivity index (χ4v) is 2.58. The van der Waals surface area contributed by atoms with Crippen LogP contribution in [0.25, 0.3) is 0 Å². The Balaban J connectivity index is 2.05. The van der Waals surface area contributed by atoms with Crippen LogP contribution in [0.2, 0.25) is 0 Å². The topological polar surface area (TPSA) is 89.7 Å². The summed E-state index contributed by atoms with van der Waals surface area (Å²) in [6.45, 7) is 1.73. The van der Waals surface area contributed by atoms with Gasteiger partial charge in [-0.2, -0.15) is 0 Å². The molecule has 2 aromatic rings. The molecule has 0 radical (unpaired) electrons. The smallest absolute Gasteiger partial charge is 0.338 e. The summed E-state index contributed by atoms with van der Waals surface area (Å²) in [5.41, 5.74) is 0.774. The molecule has 0 aliphatic rings. The van der Waals surface area contributed by atoms with Crippen LogP contribution in [0.4, 0.5) is 0 Å². The number of aromatic nitrogens is 1. The molecule has 118 valence electrons. The monoisotopic (exact) mass is 324 g/mol. The van der Waals surface area contributed by atoms with Crippen LogP contribution in [0.1, 0.15) is 21.8 Å². The minimum absolute atomic E-state index is 0.00603. The number of hydrogen-bond donors (Lipinski definition) is 0. The van der Waals surface area contributed by atoms with E-state index in [0.717, 1.165) is 4.31 Å². The number of esters is 1. The van der Waals surface area contributed by atoms with Crippen molar-refractivity contribution in [3.05, 3.63) is 47.3 Å². The van der Waals surface area contributed by atoms with E-state index in [9.17, 15) is 13.2 Å². The largest absolute Gasteiger partial charge is 0.455 e. The predicted molar refractivity (Wildman–Crippen MR) is 77.7 cm³/mol. The van der Waals surface area contributed by atoms with Crippen molar-refractivity contribution in [1.82, 2.24) is 9.46 Å². The van der Waals surface area contributed by atoms with Crippen molar-refractivity contribution < 1.29 is 22.5 Å². The number of nitrogens with zero attached hydrogens (tertiary/aromatic N) is 2. The van der Waals surface area contributed by atoms with Gasteiger partial charge >= 0.3 is 5.97 Å². The van der Waals surface area contributed by atoms with Gasteiger partial charge in [0.25, 0.3) is 0 Å². The maximum Gasteiger partial charge on any atom is 0.338 e. The van der Waals surface area contributed by atoms with Crippen LogP contribution in [-0.2, 0) is 21.4 Å². The molecular weight excluding hydrogens is 308 g/mol. The van der Waals surface area contributed by atoms with Gasteiger partial charge in [0, 0.05) is 20.2 Å². The summed E-state index contributed by atoms with van der Waals surface area (Å²) in [5, 5.41) is 3.71. The SMILES string of the molecule is Cc1cc(COC(=O)c2ccc(S(=O)(=O)N(C)C)cc2)no1. The lowest BCUT2D eigenvalue weighted by Gasteiger charge is -2.11. The highest BCUT2D eigenvalue weighted by atomic mass is 32.2. The Morgan fingerprint density at radius 3 is 2.41 bits per heavy atom. The highest BCUT2D eigenvalue weighted by Crippen LogP contribution is 2.15. The maximum atomic E-state index is 11.9. The number of carbonyl (C=O) groups is 1. The molecule has 7 nitrogen and oxygen atoms in total. The Kier molecular flexibility index (Phi) is 4.62. The van der Waals surface area contributed by atoms with Crippen LogP contribution in [0.3, 0.4) is 0 Å². The third-order valence-corrected chi connectivity index (χ3v) is 4.73. The lowest BCUT2D eigenvalue weighted by molar-refractivity contribution is 0.0464. The van der Waals surface area contributed by atoms with Gasteiger partial charge in [-0.1, -0.05) is 5.16 Å². The minimum Gasteiger partial charge on any atom is -0.455 e. The highest BCUT2D eigenvalue weighted by Gasteiger charge is 2.18. The summed E-state index contributed by atoms with van der Waals surface area (Å²) in [6.07, 6.45) is 0. The second-order valence-electron chi connectivity index (χ2n) is 4.82. The van der Waals surface area contributed by atoms with Crippen LogP contribution < -0.4 is 0 Å². The molecule has 0 atom stereocenters. The Labute approximate surface area is 128 Å². The first-order valence-corrected chi connectivity index (χ1v) is 7.86.